The molecule has 2 N–H and O–H groups in total. The van der Waals surface area contributed by atoms with Gasteiger partial charge in [0.25, 0.3) is 0 Å². The lowest BCUT2D eigenvalue weighted by Gasteiger charge is -2.28. The van der Waals surface area contributed by atoms with Crippen LogP contribution in [0.25, 0.3) is 0 Å². The second-order valence-corrected chi connectivity index (χ2v) is 5.08. The maximum atomic E-state index is 6.18. The number of rotatable bonds is 2. The Morgan fingerprint density at radius 3 is 2.33 bits per heavy atom. The van der Waals surface area contributed by atoms with Gasteiger partial charge in [0, 0.05) is 12.6 Å². The quantitative estimate of drug-likeness (QED) is 0.677. The molecule has 0 amide bonds. The minimum absolute atomic E-state index is 0.362. The van der Waals surface area contributed by atoms with Gasteiger partial charge in [0.2, 0.25) is 0 Å². The highest BCUT2D eigenvalue weighted by molar-refractivity contribution is 4.94. The van der Waals surface area contributed by atoms with Gasteiger partial charge in [-0.15, -0.1) is 0 Å². The third kappa shape index (κ3) is 1.99. The fourth-order valence-corrected chi connectivity index (χ4v) is 2.22. The number of hydrogen-bond acceptors (Lipinski definition) is 2. The lowest BCUT2D eigenvalue weighted by atomic mass is 9.85. The second kappa shape index (κ2) is 3.35. The van der Waals surface area contributed by atoms with E-state index in [1.54, 1.807) is 0 Å². The zero-order valence-corrected chi connectivity index (χ0v) is 8.80. The molecule has 1 aliphatic carbocycles. The van der Waals surface area contributed by atoms with E-state index in [4.69, 9.17) is 5.73 Å². The zero-order chi connectivity index (χ0) is 9.35. The second-order valence-electron chi connectivity index (χ2n) is 5.08. The van der Waals surface area contributed by atoms with Gasteiger partial charge in [-0.05, 0) is 38.3 Å². The Kier molecular flexibility index (Phi) is 2.79. The first-order chi connectivity index (χ1) is 5.43. The van der Waals surface area contributed by atoms with E-state index in [2.05, 4.69) is 32.8 Å². The van der Waals surface area contributed by atoms with Crippen molar-refractivity contribution in [3.05, 3.63) is 0 Å². The van der Waals surface area contributed by atoms with E-state index < -0.39 is 0 Å². The largest absolute Gasteiger partial charge is 0.327 e. The summed E-state index contributed by atoms with van der Waals surface area (Å²) in [7, 11) is 4.25. The minimum atomic E-state index is 0.362. The first-order valence-electron chi connectivity index (χ1n) is 4.84. The fourth-order valence-electron chi connectivity index (χ4n) is 2.22. The van der Waals surface area contributed by atoms with E-state index in [9.17, 15) is 0 Å². The summed E-state index contributed by atoms with van der Waals surface area (Å²) in [4.78, 5) is 2.24. The monoisotopic (exact) mass is 170 g/mol. The number of hydrogen-bond donors (Lipinski definition) is 1. The predicted octanol–water partition coefficient (Wildman–Crippen LogP) is 1.31. The molecule has 2 unspecified atom stereocenters. The van der Waals surface area contributed by atoms with E-state index in [0.29, 0.717) is 17.4 Å². The van der Waals surface area contributed by atoms with Gasteiger partial charge in [-0.1, -0.05) is 13.8 Å². The molecule has 1 fully saturated rings. The number of nitrogens with zero attached hydrogens (tertiary/aromatic N) is 1. The molecular weight excluding hydrogens is 148 g/mol. The Morgan fingerprint density at radius 1 is 1.42 bits per heavy atom. The number of nitrogens with two attached hydrogens (primary N) is 1. The topological polar surface area (TPSA) is 29.3 Å². The molecule has 1 aliphatic rings. The third-order valence-electron chi connectivity index (χ3n) is 3.17. The van der Waals surface area contributed by atoms with Crippen molar-refractivity contribution in [2.75, 3.05) is 20.6 Å². The maximum absolute atomic E-state index is 6.18. The Morgan fingerprint density at radius 2 is 2.00 bits per heavy atom. The van der Waals surface area contributed by atoms with Crippen LogP contribution in [0.5, 0.6) is 0 Å². The molecule has 2 heteroatoms. The SMILES string of the molecule is CN(C)CC1CCC(C)(C)C1N. The van der Waals surface area contributed by atoms with E-state index in [1.807, 2.05) is 0 Å². The minimum Gasteiger partial charge on any atom is -0.327 e. The molecule has 1 saturated carbocycles. The molecule has 12 heavy (non-hydrogen) atoms. The molecule has 72 valence electrons. The molecule has 0 heterocycles. The third-order valence-corrected chi connectivity index (χ3v) is 3.17. The van der Waals surface area contributed by atoms with Crippen molar-refractivity contribution in [2.45, 2.75) is 32.7 Å². The van der Waals surface area contributed by atoms with Gasteiger partial charge in [-0.3, -0.25) is 0 Å². The van der Waals surface area contributed by atoms with Crippen molar-refractivity contribution >= 4 is 0 Å². The van der Waals surface area contributed by atoms with Gasteiger partial charge in [0.05, 0.1) is 0 Å². The lowest BCUT2D eigenvalue weighted by molar-refractivity contribution is 0.257. The van der Waals surface area contributed by atoms with E-state index >= 15 is 0 Å². The van der Waals surface area contributed by atoms with Crippen LogP contribution in [0.3, 0.4) is 0 Å². The Labute approximate surface area is 76.1 Å². The Hall–Kier alpha value is -0.0800. The molecular formula is C10H22N2. The summed E-state index contributed by atoms with van der Waals surface area (Å²) in [6.45, 7) is 5.71. The summed E-state index contributed by atoms with van der Waals surface area (Å²) < 4.78 is 0. The summed E-state index contributed by atoms with van der Waals surface area (Å²) >= 11 is 0. The van der Waals surface area contributed by atoms with Crippen LogP contribution >= 0.6 is 0 Å². The molecule has 0 aromatic carbocycles. The van der Waals surface area contributed by atoms with Crippen LogP contribution in [0.1, 0.15) is 26.7 Å². The fraction of sp³-hybridized carbons (Fsp3) is 1.00. The van der Waals surface area contributed by atoms with Crippen LogP contribution in [0.2, 0.25) is 0 Å². The maximum Gasteiger partial charge on any atom is 0.0131 e. The van der Waals surface area contributed by atoms with Crippen LogP contribution in [0.15, 0.2) is 0 Å². The van der Waals surface area contributed by atoms with E-state index in [0.717, 1.165) is 6.54 Å². The van der Waals surface area contributed by atoms with Crippen LogP contribution in [0.4, 0.5) is 0 Å². The van der Waals surface area contributed by atoms with Crippen LogP contribution in [-0.4, -0.2) is 31.6 Å². The van der Waals surface area contributed by atoms with E-state index in [-0.39, 0.29) is 0 Å². The molecule has 0 spiro atoms. The summed E-state index contributed by atoms with van der Waals surface area (Å²) in [5, 5.41) is 0. The highest BCUT2D eigenvalue weighted by Crippen LogP contribution is 2.39. The van der Waals surface area contributed by atoms with Crippen molar-refractivity contribution in [3.63, 3.8) is 0 Å². The molecule has 0 aromatic rings. The van der Waals surface area contributed by atoms with Crippen molar-refractivity contribution in [3.8, 4) is 0 Å². The van der Waals surface area contributed by atoms with Crippen molar-refractivity contribution in [1.29, 1.82) is 0 Å². The summed E-state index contributed by atoms with van der Waals surface area (Å²) in [5.74, 6) is 0.704. The van der Waals surface area contributed by atoms with Crippen LogP contribution in [-0.2, 0) is 0 Å². The summed E-state index contributed by atoms with van der Waals surface area (Å²) in [5.41, 5.74) is 6.54. The molecule has 0 aromatic heterocycles. The Bertz CT molecular complexity index is 152. The van der Waals surface area contributed by atoms with Crippen LogP contribution in [0, 0.1) is 11.3 Å². The van der Waals surface area contributed by atoms with Crippen molar-refractivity contribution in [1.82, 2.24) is 4.90 Å². The molecule has 0 saturated heterocycles. The van der Waals surface area contributed by atoms with E-state index in [1.165, 1.54) is 12.8 Å². The molecule has 1 rings (SSSR count). The highest BCUT2D eigenvalue weighted by Gasteiger charge is 2.39. The average Bonchev–Trinajstić information content (AvgIpc) is 2.15. The molecule has 0 radical (unpaired) electrons. The first kappa shape index (κ1) is 10.0. The van der Waals surface area contributed by atoms with Gasteiger partial charge < -0.3 is 10.6 Å². The first-order valence-corrected chi connectivity index (χ1v) is 4.84. The predicted molar refractivity (Wildman–Crippen MR) is 53.0 cm³/mol. The smallest absolute Gasteiger partial charge is 0.0131 e. The van der Waals surface area contributed by atoms with Gasteiger partial charge in [0.1, 0.15) is 0 Å². The molecule has 2 nitrogen and oxygen atoms in total. The normalized spacial score (nSPS) is 34.5. The zero-order valence-electron chi connectivity index (χ0n) is 8.80. The van der Waals surface area contributed by atoms with Gasteiger partial charge >= 0.3 is 0 Å². The average molecular weight is 170 g/mol. The summed E-state index contributed by atoms with van der Waals surface area (Å²) in [6.07, 6.45) is 2.58. The highest BCUT2D eigenvalue weighted by atomic mass is 15.1. The van der Waals surface area contributed by atoms with Gasteiger partial charge in [0.15, 0.2) is 0 Å². The Balaban J connectivity index is 2.50. The summed E-state index contributed by atoms with van der Waals surface area (Å²) in [6, 6.07) is 0.389. The van der Waals surface area contributed by atoms with Crippen molar-refractivity contribution in [2.24, 2.45) is 17.1 Å². The standard InChI is InChI=1S/C10H22N2/c1-10(2)6-5-8(9(10)11)7-12(3)4/h8-9H,5-7,11H2,1-4H3. The van der Waals surface area contributed by atoms with Gasteiger partial charge in [-0.25, -0.2) is 0 Å². The van der Waals surface area contributed by atoms with Crippen molar-refractivity contribution < 1.29 is 0 Å². The van der Waals surface area contributed by atoms with Crippen LogP contribution < -0.4 is 5.73 Å². The molecule has 2 atom stereocenters. The molecule has 0 bridgehead atoms. The lowest BCUT2D eigenvalue weighted by Crippen LogP contribution is -2.40. The van der Waals surface area contributed by atoms with Gasteiger partial charge in [-0.2, -0.15) is 0 Å². The molecule has 0 aliphatic heterocycles.